The molecule has 0 aliphatic carbocycles. The van der Waals surface area contributed by atoms with Gasteiger partial charge in [0.25, 0.3) is 0 Å². The average molecular weight is 460 g/mol. The Labute approximate surface area is 191 Å². The maximum absolute atomic E-state index is 13.5. The summed E-state index contributed by atoms with van der Waals surface area (Å²) in [6.07, 6.45) is 2.27. The molecule has 32 heavy (non-hydrogen) atoms. The standard InChI is InChI=1S/C24H33N3O4S/c1-5-16-25-24(29)22(6-2)26(17-20-13-11-10-12-19(20)3)23(28)18-27(32(4,30)31)21-14-8-7-9-15-21/h7-15,22H,5-6,16-18H2,1-4H3,(H,25,29)/t22-/m1/s1. The number of rotatable bonds is 11. The van der Waals surface area contributed by atoms with Gasteiger partial charge < -0.3 is 10.2 Å². The van der Waals surface area contributed by atoms with Gasteiger partial charge >= 0.3 is 0 Å². The SMILES string of the molecule is CCCNC(=O)[C@@H](CC)N(Cc1ccccc1C)C(=O)CN(c1ccccc1)S(C)(=O)=O. The Kier molecular flexibility index (Phi) is 9.26. The smallest absolute Gasteiger partial charge is 0.244 e. The van der Waals surface area contributed by atoms with E-state index in [1.807, 2.05) is 45.0 Å². The monoisotopic (exact) mass is 459 g/mol. The maximum atomic E-state index is 13.5. The second-order valence-corrected chi connectivity index (χ2v) is 9.68. The highest BCUT2D eigenvalue weighted by Gasteiger charge is 2.31. The number of nitrogens with one attached hydrogen (secondary N) is 1. The van der Waals surface area contributed by atoms with E-state index in [-0.39, 0.29) is 19.0 Å². The molecule has 8 heteroatoms. The number of anilines is 1. The van der Waals surface area contributed by atoms with Gasteiger partial charge in [0, 0.05) is 13.1 Å². The van der Waals surface area contributed by atoms with Gasteiger partial charge in [-0.25, -0.2) is 8.42 Å². The second kappa shape index (κ2) is 11.7. The van der Waals surface area contributed by atoms with Gasteiger partial charge in [0.05, 0.1) is 11.9 Å². The lowest BCUT2D eigenvalue weighted by molar-refractivity contribution is -0.140. The third-order valence-electron chi connectivity index (χ3n) is 5.26. The molecule has 2 rings (SSSR count). The van der Waals surface area contributed by atoms with Crippen LogP contribution in [0.15, 0.2) is 54.6 Å². The molecule has 0 heterocycles. The number of amides is 2. The summed E-state index contributed by atoms with van der Waals surface area (Å²) in [7, 11) is -3.71. The molecule has 174 valence electrons. The van der Waals surface area contributed by atoms with Crippen molar-refractivity contribution >= 4 is 27.5 Å². The molecule has 2 aromatic carbocycles. The van der Waals surface area contributed by atoms with Crippen molar-refractivity contribution in [2.45, 2.75) is 46.2 Å². The summed E-state index contributed by atoms with van der Waals surface area (Å²) in [6.45, 7) is 6.10. The third-order valence-corrected chi connectivity index (χ3v) is 6.40. The van der Waals surface area contributed by atoms with Crippen molar-refractivity contribution in [3.63, 3.8) is 0 Å². The minimum absolute atomic E-state index is 0.218. The van der Waals surface area contributed by atoms with Crippen molar-refractivity contribution in [3.05, 3.63) is 65.7 Å². The average Bonchev–Trinajstić information content (AvgIpc) is 2.76. The molecule has 0 saturated heterocycles. The number of benzene rings is 2. The minimum Gasteiger partial charge on any atom is -0.354 e. The Morgan fingerprint density at radius 3 is 2.19 bits per heavy atom. The number of hydrogen-bond donors (Lipinski definition) is 1. The molecule has 0 aromatic heterocycles. The first-order chi connectivity index (χ1) is 15.2. The Bertz CT molecular complexity index is 1010. The van der Waals surface area contributed by atoms with Crippen LogP contribution in [0.1, 0.15) is 37.8 Å². The predicted octanol–water partition coefficient (Wildman–Crippen LogP) is 3.09. The second-order valence-electron chi connectivity index (χ2n) is 7.77. The normalized spacial score (nSPS) is 12.1. The summed E-state index contributed by atoms with van der Waals surface area (Å²) in [4.78, 5) is 27.9. The quantitative estimate of drug-likeness (QED) is 0.559. The van der Waals surface area contributed by atoms with E-state index in [9.17, 15) is 18.0 Å². The number of carbonyl (C=O) groups is 2. The first-order valence-electron chi connectivity index (χ1n) is 10.8. The molecule has 2 amide bonds. The van der Waals surface area contributed by atoms with Crippen LogP contribution in [0.2, 0.25) is 0 Å². The molecule has 0 aliphatic heterocycles. The Hall–Kier alpha value is -2.87. The Morgan fingerprint density at radius 2 is 1.62 bits per heavy atom. The molecule has 7 nitrogen and oxygen atoms in total. The van der Waals surface area contributed by atoms with E-state index in [4.69, 9.17) is 0 Å². The van der Waals surface area contributed by atoms with Crippen molar-refractivity contribution in [2.75, 3.05) is 23.7 Å². The van der Waals surface area contributed by atoms with Crippen molar-refractivity contribution in [2.24, 2.45) is 0 Å². The molecular formula is C24H33N3O4S. The van der Waals surface area contributed by atoms with Crippen LogP contribution in [0.5, 0.6) is 0 Å². The lowest BCUT2D eigenvalue weighted by Gasteiger charge is -2.33. The molecule has 2 aromatic rings. The highest BCUT2D eigenvalue weighted by molar-refractivity contribution is 7.92. The van der Waals surface area contributed by atoms with Crippen LogP contribution in [-0.4, -0.2) is 50.5 Å². The first kappa shape index (κ1) is 25.4. The van der Waals surface area contributed by atoms with Crippen LogP contribution in [0, 0.1) is 6.92 Å². The number of para-hydroxylation sites is 1. The number of sulfonamides is 1. The summed E-state index contributed by atoms with van der Waals surface area (Å²) < 4.78 is 26.1. The molecule has 0 unspecified atom stereocenters. The number of hydrogen-bond acceptors (Lipinski definition) is 4. The van der Waals surface area contributed by atoms with Gasteiger partial charge in [-0.05, 0) is 43.0 Å². The van der Waals surface area contributed by atoms with E-state index in [1.54, 1.807) is 30.3 Å². The van der Waals surface area contributed by atoms with Crippen molar-refractivity contribution in [3.8, 4) is 0 Å². The van der Waals surface area contributed by atoms with E-state index in [2.05, 4.69) is 5.32 Å². The highest BCUT2D eigenvalue weighted by Crippen LogP contribution is 2.20. The van der Waals surface area contributed by atoms with Gasteiger partial charge in [0.15, 0.2) is 0 Å². The van der Waals surface area contributed by atoms with Gasteiger partial charge in [-0.1, -0.05) is 56.3 Å². The van der Waals surface area contributed by atoms with Crippen LogP contribution < -0.4 is 9.62 Å². The molecule has 0 spiro atoms. The molecule has 0 radical (unpaired) electrons. The summed E-state index contributed by atoms with van der Waals surface area (Å²) in [5.41, 5.74) is 2.31. The number of nitrogens with zero attached hydrogens (tertiary/aromatic N) is 2. The van der Waals surface area contributed by atoms with Crippen LogP contribution >= 0.6 is 0 Å². The zero-order valence-electron chi connectivity index (χ0n) is 19.2. The van der Waals surface area contributed by atoms with Crippen LogP contribution in [0.4, 0.5) is 5.69 Å². The number of aryl methyl sites for hydroxylation is 1. The molecule has 0 bridgehead atoms. The zero-order chi connectivity index (χ0) is 23.7. The Balaban J connectivity index is 2.41. The van der Waals surface area contributed by atoms with Crippen molar-refractivity contribution < 1.29 is 18.0 Å². The van der Waals surface area contributed by atoms with E-state index in [1.165, 1.54) is 4.90 Å². The van der Waals surface area contributed by atoms with E-state index < -0.39 is 22.0 Å². The topological polar surface area (TPSA) is 86.8 Å². The van der Waals surface area contributed by atoms with Crippen molar-refractivity contribution in [1.82, 2.24) is 10.2 Å². The molecule has 0 fully saturated rings. The van der Waals surface area contributed by atoms with Crippen LogP contribution in [-0.2, 0) is 26.2 Å². The zero-order valence-corrected chi connectivity index (χ0v) is 20.1. The molecule has 1 N–H and O–H groups in total. The lowest BCUT2D eigenvalue weighted by atomic mass is 10.1. The fraction of sp³-hybridized carbons (Fsp3) is 0.417. The van der Waals surface area contributed by atoms with E-state index in [0.29, 0.717) is 18.7 Å². The predicted molar refractivity (Wildman–Crippen MR) is 128 cm³/mol. The van der Waals surface area contributed by atoms with Gasteiger partial charge in [0.2, 0.25) is 21.8 Å². The van der Waals surface area contributed by atoms with Gasteiger partial charge in [-0.3, -0.25) is 13.9 Å². The molecule has 1 atom stereocenters. The summed E-state index contributed by atoms with van der Waals surface area (Å²) in [5.74, 6) is -0.664. The fourth-order valence-corrected chi connectivity index (χ4v) is 4.31. The van der Waals surface area contributed by atoms with E-state index in [0.717, 1.165) is 28.1 Å². The lowest BCUT2D eigenvalue weighted by Crippen LogP contribution is -2.52. The summed E-state index contributed by atoms with van der Waals surface area (Å²) >= 11 is 0. The molecule has 0 saturated carbocycles. The largest absolute Gasteiger partial charge is 0.354 e. The first-order valence-corrected chi connectivity index (χ1v) is 12.7. The summed E-state index contributed by atoms with van der Waals surface area (Å²) in [6, 6.07) is 15.5. The van der Waals surface area contributed by atoms with Crippen molar-refractivity contribution in [1.29, 1.82) is 0 Å². The van der Waals surface area contributed by atoms with Crippen LogP contribution in [0.3, 0.4) is 0 Å². The maximum Gasteiger partial charge on any atom is 0.244 e. The van der Waals surface area contributed by atoms with Gasteiger partial charge in [0.1, 0.15) is 12.6 Å². The van der Waals surface area contributed by atoms with E-state index >= 15 is 0 Å². The van der Waals surface area contributed by atoms with Gasteiger partial charge in [-0.2, -0.15) is 0 Å². The van der Waals surface area contributed by atoms with Crippen LogP contribution in [0.25, 0.3) is 0 Å². The minimum atomic E-state index is -3.71. The third kappa shape index (κ3) is 6.82. The molecule has 0 aliphatic rings. The fourth-order valence-electron chi connectivity index (χ4n) is 3.46. The summed E-state index contributed by atoms with van der Waals surface area (Å²) in [5, 5.41) is 2.87. The van der Waals surface area contributed by atoms with Gasteiger partial charge in [-0.15, -0.1) is 0 Å². The molecular weight excluding hydrogens is 426 g/mol. The highest BCUT2D eigenvalue weighted by atomic mass is 32.2. The number of carbonyl (C=O) groups excluding carboxylic acids is 2. The Morgan fingerprint density at radius 1 is 1.00 bits per heavy atom.